The van der Waals surface area contributed by atoms with E-state index in [9.17, 15) is 4.39 Å². The number of anilines is 1. The Kier molecular flexibility index (Phi) is 5.36. The largest absolute Gasteiger partial charge is 0.497 e. The summed E-state index contributed by atoms with van der Waals surface area (Å²) in [4.78, 5) is 9.53. The highest BCUT2D eigenvalue weighted by molar-refractivity contribution is 7.13. The van der Waals surface area contributed by atoms with E-state index in [1.807, 2.05) is 36.4 Å². The Balaban J connectivity index is 1.34. The molecular formula is C21H22FN3OS. The molecule has 3 aromatic rings. The number of aromatic nitrogens is 1. The van der Waals surface area contributed by atoms with Crippen molar-refractivity contribution in [3.8, 4) is 16.3 Å². The molecule has 4 rings (SSSR count). The zero-order valence-electron chi connectivity index (χ0n) is 15.3. The molecule has 0 amide bonds. The van der Waals surface area contributed by atoms with Crippen LogP contribution in [0.3, 0.4) is 0 Å². The van der Waals surface area contributed by atoms with Gasteiger partial charge >= 0.3 is 0 Å². The summed E-state index contributed by atoms with van der Waals surface area (Å²) in [7, 11) is 1.67. The fourth-order valence-electron chi connectivity index (χ4n) is 3.29. The summed E-state index contributed by atoms with van der Waals surface area (Å²) in [5, 5.41) is 3.18. The molecule has 0 unspecified atom stereocenters. The second kappa shape index (κ2) is 8.06. The Morgan fingerprint density at radius 1 is 1.00 bits per heavy atom. The van der Waals surface area contributed by atoms with Crippen LogP contribution in [-0.4, -0.2) is 43.2 Å². The zero-order chi connectivity index (χ0) is 18.6. The van der Waals surface area contributed by atoms with Crippen molar-refractivity contribution in [1.82, 2.24) is 9.88 Å². The molecule has 1 aromatic heterocycles. The van der Waals surface area contributed by atoms with Gasteiger partial charge < -0.3 is 9.64 Å². The number of halogens is 1. The van der Waals surface area contributed by atoms with Gasteiger partial charge in [-0.2, -0.15) is 0 Å². The number of benzene rings is 2. The van der Waals surface area contributed by atoms with E-state index in [-0.39, 0.29) is 5.82 Å². The summed E-state index contributed by atoms with van der Waals surface area (Å²) in [5.41, 5.74) is 3.32. The number of hydrogen-bond acceptors (Lipinski definition) is 5. The standard InChI is InChI=1S/C21H22FN3OS/c1-26-20-8-2-16(3-9-20)21-23-18(15-27-21)14-24-10-12-25(13-11-24)19-6-4-17(22)5-7-19/h2-9,15H,10-14H2,1H3. The molecule has 2 heterocycles. The second-order valence-corrected chi connectivity index (χ2v) is 7.47. The average molecular weight is 383 g/mol. The van der Waals surface area contributed by atoms with Gasteiger partial charge in [0.05, 0.1) is 12.8 Å². The Morgan fingerprint density at radius 3 is 2.37 bits per heavy atom. The molecule has 0 saturated carbocycles. The van der Waals surface area contributed by atoms with Crippen LogP contribution in [0.4, 0.5) is 10.1 Å². The lowest BCUT2D eigenvalue weighted by molar-refractivity contribution is 0.247. The predicted octanol–water partition coefficient (Wildman–Crippen LogP) is 4.28. The lowest BCUT2D eigenvalue weighted by atomic mass is 10.2. The Morgan fingerprint density at radius 2 is 1.70 bits per heavy atom. The molecule has 0 aliphatic carbocycles. The van der Waals surface area contributed by atoms with Gasteiger partial charge in [-0.25, -0.2) is 9.37 Å². The van der Waals surface area contributed by atoms with Crippen molar-refractivity contribution in [3.63, 3.8) is 0 Å². The van der Waals surface area contributed by atoms with Gasteiger partial charge in [-0.3, -0.25) is 4.90 Å². The van der Waals surface area contributed by atoms with Crippen molar-refractivity contribution >= 4 is 17.0 Å². The molecule has 2 aromatic carbocycles. The fourth-order valence-corrected chi connectivity index (χ4v) is 4.11. The first kappa shape index (κ1) is 17.9. The molecule has 0 N–H and O–H groups in total. The third-order valence-electron chi connectivity index (χ3n) is 4.84. The summed E-state index contributed by atoms with van der Waals surface area (Å²) in [5.74, 6) is 0.670. The van der Waals surface area contributed by atoms with Crippen molar-refractivity contribution in [1.29, 1.82) is 0 Å². The molecule has 27 heavy (non-hydrogen) atoms. The van der Waals surface area contributed by atoms with Crippen LogP contribution in [0, 0.1) is 5.82 Å². The van der Waals surface area contributed by atoms with Crippen LogP contribution in [0.1, 0.15) is 5.69 Å². The number of hydrogen-bond donors (Lipinski definition) is 0. The van der Waals surface area contributed by atoms with Gasteiger partial charge in [0, 0.05) is 49.4 Å². The molecule has 1 aliphatic heterocycles. The van der Waals surface area contributed by atoms with Crippen LogP contribution < -0.4 is 9.64 Å². The van der Waals surface area contributed by atoms with E-state index in [0.29, 0.717) is 0 Å². The number of thiazole rings is 1. The van der Waals surface area contributed by atoms with E-state index in [4.69, 9.17) is 9.72 Å². The topological polar surface area (TPSA) is 28.6 Å². The highest BCUT2D eigenvalue weighted by Crippen LogP contribution is 2.26. The molecule has 1 fully saturated rings. The van der Waals surface area contributed by atoms with Crippen LogP contribution >= 0.6 is 11.3 Å². The molecular weight excluding hydrogens is 361 g/mol. The van der Waals surface area contributed by atoms with Crippen molar-refractivity contribution in [2.75, 3.05) is 38.2 Å². The molecule has 0 spiro atoms. The Hall–Kier alpha value is -2.44. The SMILES string of the molecule is COc1ccc(-c2nc(CN3CCN(c4ccc(F)cc4)CC3)cs2)cc1. The van der Waals surface area contributed by atoms with Crippen LogP contribution in [0.25, 0.3) is 10.6 Å². The summed E-state index contributed by atoms with van der Waals surface area (Å²) in [6.07, 6.45) is 0. The molecule has 1 saturated heterocycles. The van der Waals surface area contributed by atoms with Gasteiger partial charge in [0.2, 0.25) is 0 Å². The van der Waals surface area contributed by atoms with Crippen LogP contribution in [0.5, 0.6) is 5.75 Å². The number of rotatable bonds is 5. The lowest BCUT2D eigenvalue weighted by Gasteiger charge is -2.35. The van der Waals surface area contributed by atoms with E-state index in [1.165, 1.54) is 12.1 Å². The van der Waals surface area contributed by atoms with Gasteiger partial charge in [0.25, 0.3) is 0 Å². The van der Waals surface area contributed by atoms with E-state index < -0.39 is 0 Å². The minimum Gasteiger partial charge on any atom is -0.497 e. The van der Waals surface area contributed by atoms with E-state index in [0.717, 1.165) is 60.4 Å². The van der Waals surface area contributed by atoms with Crippen molar-refractivity contribution in [3.05, 3.63) is 65.4 Å². The zero-order valence-corrected chi connectivity index (χ0v) is 16.1. The molecule has 0 bridgehead atoms. The average Bonchev–Trinajstić information content (AvgIpc) is 3.18. The molecule has 6 heteroatoms. The highest BCUT2D eigenvalue weighted by atomic mass is 32.1. The number of piperazine rings is 1. The van der Waals surface area contributed by atoms with Gasteiger partial charge in [-0.1, -0.05) is 0 Å². The van der Waals surface area contributed by atoms with Crippen molar-refractivity contribution in [2.24, 2.45) is 0 Å². The summed E-state index contributed by atoms with van der Waals surface area (Å²) >= 11 is 1.68. The third-order valence-corrected chi connectivity index (χ3v) is 5.78. The van der Waals surface area contributed by atoms with E-state index >= 15 is 0 Å². The van der Waals surface area contributed by atoms with Gasteiger partial charge in [0.15, 0.2) is 0 Å². The van der Waals surface area contributed by atoms with Crippen molar-refractivity contribution < 1.29 is 9.13 Å². The van der Waals surface area contributed by atoms with Gasteiger partial charge in [0.1, 0.15) is 16.6 Å². The first-order valence-electron chi connectivity index (χ1n) is 9.03. The first-order valence-corrected chi connectivity index (χ1v) is 9.91. The third kappa shape index (κ3) is 4.28. The first-order chi connectivity index (χ1) is 13.2. The minimum atomic E-state index is -0.186. The maximum Gasteiger partial charge on any atom is 0.123 e. The second-order valence-electron chi connectivity index (χ2n) is 6.61. The molecule has 1 aliphatic rings. The molecule has 0 radical (unpaired) electrons. The van der Waals surface area contributed by atoms with Crippen LogP contribution in [-0.2, 0) is 6.54 Å². The smallest absolute Gasteiger partial charge is 0.123 e. The predicted molar refractivity (Wildman–Crippen MR) is 108 cm³/mol. The van der Waals surface area contributed by atoms with Gasteiger partial charge in [-0.05, 0) is 48.5 Å². The Bertz CT molecular complexity index is 871. The molecule has 140 valence electrons. The maximum atomic E-state index is 13.1. The maximum absolute atomic E-state index is 13.1. The number of ether oxygens (including phenoxy) is 1. The summed E-state index contributed by atoms with van der Waals surface area (Å²) < 4.78 is 18.3. The van der Waals surface area contributed by atoms with Crippen LogP contribution in [0.2, 0.25) is 0 Å². The quantitative estimate of drug-likeness (QED) is 0.658. The molecule has 4 nitrogen and oxygen atoms in total. The van der Waals surface area contributed by atoms with Crippen LogP contribution in [0.15, 0.2) is 53.9 Å². The summed E-state index contributed by atoms with van der Waals surface area (Å²) in [6.45, 7) is 4.71. The number of methoxy groups -OCH3 is 1. The lowest BCUT2D eigenvalue weighted by Crippen LogP contribution is -2.46. The normalized spacial score (nSPS) is 15.1. The van der Waals surface area contributed by atoms with Crippen molar-refractivity contribution in [2.45, 2.75) is 6.54 Å². The van der Waals surface area contributed by atoms with E-state index in [2.05, 4.69) is 15.2 Å². The Labute approximate surface area is 162 Å². The highest BCUT2D eigenvalue weighted by Gasteiger charge is 2.18. The minimum absolute atomic E-state index is 0.186. The fraction of sp³-hybridized carbons (Fsp3) is 0.286. The van der Waals surface area contributed by atoms with Gasteiger partial charge in [-0.15, -0.1) is 11.3 Å². The van der Waals surface area contributed by atoms with E-state index in [1.54, 1.807) is 18.4 Å². The monoisotopic (exact) mass is 383 g/mol. The molecule has 0 atom stereocenters. The number of nitrogens with zero attached hydrogens (tertiary/aromatic N) is 3. The summed E-state index contributed by atoms with van der Waals surface area (Å²) in [6, 6.07) is 14.8.